The maximum absolute atomic E-state index is 12.2. The third-order valence-electron chi connectivity index (χ3n) is 4.17. The molecule has 0 saturated carbocycles. The third-order valence-corrected chi connectivity index (χ3v) is 4.17. The van der Waals surface area contributed by atoms with E-state index < -0.39 is 11.9 Å². The van der Waals surface area contributed by atoms with Gasteiger partial charge in [-0.1, -0.05) is 38.6 Å². The van der Waals surface area contributed by atoms with Gasteiger partial charge in [-0.05, 0) is 49.6 Å². The van der Waals surface area contributed by atoms with Crippen molar-refractivity contribution in [3.05, 3.63) is 65.9 Å². The highest BCUT2D eigenvalue weighted by molar-refractivity contribution is 5.97. The molecule has 0 fully saturated rings. The molecule has 0 unspecified atom stereocenters. The van der Waals surface area contributed by atoms with E-state index in [4.69, 9.17) is 9.47 Å². The van der Waals surface area contributed by atoms with E-state index >= 15 is 0 Å². The molecule has 0 bridgehead atoms. The molecule has 1 aromatic carbocycles. The van der Waals surface area contributed by atoms with Crippen LogP contribution >= 0.6 is 0 Å². The molecule has 29 heavy (non-hydrogen) atoms. The second kappa shape index (κ2) is 12.2. The molecule has 0 atom stereocenters. The lowest BCUT2D eigenvalue weighted by Crippen LogP contribution is -2.24. The van der Waals surface area contributed by atoms with Gasteiger partial charge in [-0.25, -0.2) is 4.79 Å². The number of hydrogen-bond donors (Lipinski definition) is 2. The maximum atomic E-state index is 12.2. The van der Waals surface area contributed by atoms with Crippen LogP contribution in [-0.4, -0.2) is 30.2 Å². The molecular formula is C23H29NO5. The molecule has 1 amide bonds. The first-order valence-electron chi connectivity index (χ1n) is 9.46. The van der Waals surface area contributed by atoms with E-state index in [0.29, 0.717) is 11.5 Å². The fraction of sp³-hybridized carbons (Fsp3) is 0.304. The van der Waals surface area contributed by atoms with Gasteiger partial charge in [-0.2, -0.15) is 0 Å². The van der Waals surface area contributed by atoms with Gasteiger partial charge >= 0.3 is 5.97 Å². The van der Waals surface area contributed by atoms with E-state index in [0.717, 1.165) is 18.4 Å². The predicted octanol–water partition coefficient (Wildman–Crippen LogP) is 4.49. The highest BCUT2D eigenvalue weighted by Gasteiger charge is 2.14. The summed E-state index contributed by atoms with van der Waals surface area (Å²) >= 11 is 0. The van der Waals surface area contributed by atoms with E-state index in [1.165, 1.54) is 24.3 Å². The maximum Gasteiger partial charge on any atom is 0.337 e. The Hall–Kier alpha value is -3.28. The molecule has 0 aromatic heterocycles. The van der Waals surface area contributed by atoms with E-state index in [1.807, 2.05) is 12.1 Å². The van der Waals surface area contributed by atoms with Gasteiger partial charge in [0.15, 0.2) is 11.5 Å². The Balaban J connectivity index is 2.94. The smallest absolute Gasteiger partial charge is 0.337 e. The van der Waals surface area contributed by atoms with E-state index in [2.05, 4.69) is 25.7 Å². The topological polar surface area (TPSA) is 84.9 Å². The summed E-state index contributed by atoms with van der Waals surface area (Å²) in [7, 11) is 1.56. The van der Waals surface area contributed by atoms with Gasteiger partial charge in [0.05, 0.1) is 24.5 Å². The molecular weight excluding hydrogens is 370 g/mol. The minimum absolute atomic E-state index is 0.0474. The van der Waals surface area contributed by atoms with Crippen LogP contribution in [0.1, 0.15) is 39.2 Å². The summed E-state index contributed by atoms with van der Waals surface area (Å²) in [6, 6.07) is 5.40. The van der Waals surface area contributed by atoms with Crippen molar-refractivity contribution < 1.29 is 24.2 Å². The van der Waals surface area contributed by atoms with Crippen molar-refractivity contribution in [3.8, 4) is 11.5 Å². The van der Waals surface area contributed by atoms with E-state index in [9.17, 15) is 14.7 Å². The van der Waals surface area contributed by atoms with Gasteiger partial charge in [-0.3, -0.25) is 4.79 Å². The zero-order chi connectivity index (χ0) is 21.8. The number of allylic oxidation sites excluding steroid dienone is 3. The third kappa shape index (κ3) is 7.33. The van der Waals surface area contributed by atoms with Crippen LogP contribution < -0.4 is 14.8 Å². The monoisotopic (exact) mass is 399 g/mol. The van der Waals surface area contributed by atoms with Crippen LogP contribution in [0.15, 0.2) is 60.4 Å². The molecule has 1 aromatic rings. The number of benzene rings is 1. The number of carbonyl (C=O) groups is 2. The van der Waals surface area contributed by atoms with Crippen LogP contribution in [0.5, 0.6) is 11.5 Å². The lowest BCUT2D eigenvalue weighted by atomic mass is 10.1. The van der Waals surface area contributed by atoms with Crippen LogP contribution in [-0.2, 0) is 9.59 Å². The molecule has 6 nitrogen and oxygen atoms in total. The van der Waals surface area contributed by atoms with Crippen LogP contribution in [0.4, 0.5) is 0 Å². The number of aliphatic carboxylic acids is 1. The van der Waals surface area contributed by atoms with Gasteiger partial charge in [-0.15, -0.1) is 0 Å². The van der Waals surface area contributed by atoms with Gasteiger partial charge in [0.1, 0.15) is 0 Å². The average molecular weight is 399 g/mol. The van der Waals surface area contributed by atoms with Crippen molar-refractivity contribution in [2.75, 3.05) is 7.11 Å². The lowest BCUT2D eigenvalue weighted by Gasteiger charge is -2.18. The summed E-state index contributed by atoms with van der Waals surface area (Å²) in [4.78, 5) is 23.5. The quantitative estimate of drug-likeness (QED) is 0.423. The Morgan fingerprint density at radius 3 is 2.45 bits per heavy atom. The Kier molecular flexibility index (Phi) is 10.0. The number of ether oxygens (including phenoxy) is 2. The van der Waals surface area contributed by atoms with Crippen LogP contribution in [0.25, 0.3) is 6.08 Å². The lowest BCUT2D eigenvalue weighted by molar-refractivity contribution is -0.132. The molecule has 0 spiro atoms. The standard InChI is InChI=1S/C23H29NO5/c1-6-10-18(23(26)27)19(9-4)24-22(25)14-12-16-11-13-20(21(15-16)28-5)29-17(7-2)8-3/h6,9-15,17H,1,7-8H2,2-5H3,(H,24,25)(H,26,27)/b14-12+,18-10+,19-9+. The first-order chi connectivity index (χ1) is 13.9. The number of nitrogens with one attached hydrogen (secondary N) is 1. The second-order valence-corrected chi connectivity index (χ2v) is 6.11. The SMILES string of the molecule is C=C/C=C(C(=O)O)\C(=C/C)NC(=O)/C=C/c1ccc(OC(CC)CC)c(OC)c1. The van der Waals surface area contributed by atoms with Crippen molar-refractivity contribution in [2.24, 2.45) is 0 Å². The summed E-state index contributed by atoms with van der Waals surface area (Å²) in [5.74, 6) is -0.374. The number of amides is 1. The van der Waals surface area contributed by atoms with Gasteiger partial charge in [0.2, 0.25) is 5.91 Å². The van der Waals surface area contributed by atoms with Gasteiger partial charge in [0.25, 0.3) is 0 Å². The van der Waals surface area contributed by atoms with Gasteiger partial charge < -0.3 is 19.9 Å². The highest BCUT2D eigenvalue weighted by atomic mass is 16.5. The number of methoxy groups -OCH3 is 1. The number of rotatable bonds is 11. The summed E-state index contributed by atoms with van der Waals surface area (Å²) in [6.45, 7) is 9.26. The zero-order valence-corrected chi connectivity index (χ0v) is 17.4. The molecule has 0 saturated heterocycles. The number of carboxylic acid groups (broad SMARTS) is 1. The molecule has 2 N–H and O–H groups in total. The Labute approximate surface area is 172 Å². The molecule has 156 valence electrons. The minimum Gasteiger partial charge on any atom is -0.493 e. The van der Waals surface area contributed by atoms with Crippen molar-refractivity contribution in [1.29, 1.82) is 0 Å². The largest absolute Gasteiger partial charge is 0.493 e. The van der Waals surface area contributed by atoms with E-state index in [1.54, 1.807) is 26.2 Å². The summed E-state index contributed by atoms with van der Waals surface area (Å²) in [5.41, 5.74) is 0.892. The summed E-state index contributed by atoms with van der Waals surface area (Å²) < 4.78 is 11.3. The Morgan fingerprint density at radius 1 is 1.24 bits per heavy atom. The minimum atomic E-state index is -1.15. The highest BCUT2D eigenvalue weighted by Crippen LogP contribution is 2.30. The van der Waals surface area contributed by atoms with Crippen molar-refractivity contribution >= 4 is 18.0 Å². The van der Waals surface area contributed by atoms with Gasteiger partial charge in [0, 0.05) is 6.08 Å². The van der Waals surface area contributed by atoms with Crippen molar-refractivity contribution in [3.63, 3.8) is 0 Å². The first-order valence-corrected chi connectivity index (χ1v) is 9.46. The van der Waals surface area contributed by atoms with Crippen molar-refractivity contribution in [2.45, 2.75) is 39.7 Å². The average Bonchev–Trinajstić information content (AvgIpc) is 2.72. The summed E-state index contributed by atoms with van der Waals surface area (Å²) in [6.07, 6.45) is 9.04. The molecule has 0 aliphatic heterocycles. The Morgan fingerprint density at radius 2 is 1.93 bits per heavy atom. The number of carbonyl (C=O) groups excluding carboxylic acids is 1. The molecule has 6 heteroatoms. The molecule has 0 aliphatic rings. The normalized spacial score (nSPS) is 12.2. The van der Waals surface area contributed by atoms with Crippen molar-refractivity contribution in [1.82, 2.24) is 5.32 Å². The fourth-order valence-corrected chi connectivity index (χ4v) is 2.56. The number of hydrogen-bond acceptors (Lipinski definition) is 4. The zero-order valence-electron chi connectivity index (χ0n) is 17.4. The predicted molar refractivity (Wildman–Crippen MR) is 115 cm³/mol. The molecule has 0 radical (unpaired) electrons. The second-order valence-electron chi connectivity index (χ2n) is 6.11. The fourth-order valence-electron chi connectivity index (χ4n) is 2.56. The van der Waals surface area contributed by atoms with Crippen LogP contribution in [0.2, 0.25) is 0 Å². The van der Waals surface area contributed by atoms with E-state index in [-0.39, 0.29) is 17.4 Å². The first kappa shape index (κ1) is 23.8. The Bertz CT molecular complexity index is 817. The summed E-state index contributed by atoms with van der Waals surface area (Å²) in [5, 5.41) is 11.8. The molecule has 0 aliphatic carbocycles. The number of carboxylic acids is 1. The van der Waals surface area contributed by atoms with Crippen LogP contribution in [0.3, 0.4) is 0 Å². The molecule has 1 rings (SSSR count). The molecule has 0 heterocycles. The van der Waals surface area contributed by atoms with Crippen LogP contribution in [0, 0.1) is 0 Å².